The van der Waals surface area contributed by atoms with Crippen LogP contribution in [0.1, 0.15) is 22.6 Å². The van der Waals surface area contributed by atoms with Crippen LogP contribution in [0.15, 0.2) is 53.0 Å². The zero-order valence-corrected chi connectivity index (χ0v) is 13.1. The summed E-state index contributed by atoms with van der Waals surface area (Å²) in [6.45, 7) is 3.12. The molecule has 0 amide bonds. The molecular formula is C17H20BrN. The van der Waals surface area contributed by atoms with Gasteiger partial charge in [0.2, 0.25) is 0 Å². The lowest BCUT2D eigenvalue weighted by Crippen LogP contribution is -2.19. The SMILES string of the molecule is CNCC(Cc1ccc(C)cc1)c1ccc(Br)cc1. The van der Waals surface area contributed by atoms with Crippen LogP contribution < -0.4 is 5.32 Å². The maximum absolute atomic E-state index is 3.49. The molecule has 1 atom stereocenters. The topological polar surface area (TPSA) is 12.0 Å². The van der Waals surface area contributed by atoms with Crippen LogP contribution in [-0.2, 0) is 6.42 Å². The van der Waals surface area contributed by atoms with Crippen molar-refractivity contribution in [1.29, 1.82) is 0 Å². The fraction of sp³-hybridized carbons (Fsp3) is 0.294. The summed E-state index contributed by atoms with van der Waals surface area (Å²) >= 11 is 3.49. The largest absolute Gasteiger partial charge is 0.319 e. The summed E-state index contributed by atoms with van der Waals surface area (Å²) in [4.78, 5) is 0. The predicted octanol–water partition coefficient (Wildman–Crippen LogP) is 4.30. The minimum atomic E-state index is 0.515. The number of nitrogens with one attached hydrogen (secondary N) is 1. The molecule has 0 aliphatic carbocycles. The summed E-state index contributed by atoms with van der Waals surface area (Å²) in [6.07, 6.45) is 1.07. The highest BCUT2D eigenvalue weighted by molar-refractivity contribution is 9.10. The van der Waals surface area contributed by atoms with Crippen molar-refractivity contribution in [3.63, 3.8) is 0 Å². The molecule has 19 heavy (non-hydrogen) atoms. The third-order valence-corrected chi connectivity index (χ3v) is 3.92. The second-order valence-corrected chi connectivity index (χ2v) is 5.91. The number of hydrogen-bond acceptors (Lipinski definition) is 1. The molecule has 0 saturated heterocycles. The van der Waals surface area contributed by atoms with E-state index in [1.807, 2.05) is 7.05 Å². The zero-order chi connectivity index (χ0) is 13.7. The van der Waals surface area contributed by atoms with Crippen LogP contribution in [0.5, 0.6) is 0 Å². The van der Waals surface area contributed by atoms with E-state index in [0.717, 1.165) is 17.4 Å². The molecular weight excluding hydrogens is 298 g/mol. The van der Waals surface area contributed by atoms with Gasteiger partial charge in [-0.3, -0.25) is 0 Å². The highest BCUT2D eigenvalue weighted by Crippen LogP contribution is 2.22. The Balaban J connectivity index is 2.15. The van der Waals surface area contributed by atoms with Crippen LogP contribution >= 0.6 is 15.9 Å². The molecule has 0 spiro atoms. The molecule has 100 valence electrons. The average molecular weight is 318 g/mol. The summed E-state index contributed by atoms with van der Waals surface area (Å²) in [5.74, 6) is 0.515. The van der Waals surface area contributed by atoms with E-state index in [2.05, 4.69) is 76.7 Å². The third kappa shape index (κ3) is 4.19. The summed E-state index contributed by atoms with van der Waals surface area (Å²) in [5.41, 5.74) is 4.10. The van der Waals surface area contributed by atoms with Gasteiger partial charge in [-0.05, 0) is 43.7 Å². The fourth-order valence-electron chi connectivity index (χ4n) is 2.30. The lowest BCUT2D eigenvalue weighted by atomic mass is 9.91. The van der Waals surface area contributed by atoms with Crippen molar-refractivity contribution in [3.8, 4) is 0 Å². The van der Waals surface area contributed by atoms with E-state index in [1.165, 1.54) is 16.7 Å². The molecule has 1 N–H and O–H groups in total. The lowest BCUT2D eigenvalue weighted by molar-refractivity contribution is 0.625. The lowest BCUT2D eigenvalue weighted by Gasteiger charge is -2.17. The fourth-order valence-corrected chi connectivity index (χ4v) is 2.56. The molecule has 2 aromatic rings. The first-order valence-electron chi connectivity index (χ1n) is 6.64. The van der Waals surface area contributed by atoms with Crippen LogP contribution in [0.25, 0.3) is 0 Å². The maximum Gasteiger partial charge on any atom is 0.0175 e. The number of halogens is 1. The molecule has 0 aliphatic rings. The van der Waals surface area contributed by atoms with E-state index in [0.29, 0.717) is 5.92 Å². The first-order valence-corrected chi connectivity index (χ1v) is 7.44. The van der Waals surface area contributed by atoms with E-state index in [1.54, 1.807) is 0 Å². The quantitative estimate of drug-likeness (QED) is 0.866. The van der Waals surface area contributed by atoms with Crippen molar-refractivity contribution in [2.24, 2.45) is 0 Å². The molecule has 0 radical (unpaired) electrons. The Bertz CT molecular complexity index is 502. The predicted molar refractivity (Wildman–Crippen MR) is 85.7 cm³/mol. The Hall–Kier alpha value is -1.12. The van der Waals surface area contributed by atoms with E-state index in [4.69, 9.17) is 0 Å². The Kier molecular flexibility index (Phi) is 5.17. The standard InChI is InChI=1S/C17H20BrN/c1-13-3-5-14(6-4-13)11-16(12-19-2)15-7-9-17(18)10-8-15/h3-10,16,19H,11-12H2,1-2H3. The third-order valence-electron chi connectivity index (χ3n) is 3.39. The van der Waals surface area contributed by atoms with Crippen LogP contribution in [0, 0.1) is 6.92 Å². The number of hydrogen-bond donors (Lipinski definition) is 1. The molecule has 0 aromatic heterocycles. The molecule has 2 heteroatoms. The van der Waals surface area contributed by atoms with Gasteiger partial charge < -0.3 is 5.32 Å². The normalized spacial score (nSPS) is 12.4. The van der Waals surface area contributed by atoms with Crippen LogP contribution in [0.4, 0.5) is 0 Å². The second kappa shape index (κ2) is 6.88. The number of likely N-dealkylation sites (N-methyl/N-ethyl adjacent to an activating group) is 1. The molecule has 0 saturated carbocycles. The van der Waals surface area contributed by atoms with Crippen molar-refractivity contribution in [2.45, 2.75) is 19.3 Å². The van der Waals surface area contributed by atoms with Crippen molar-refractivity contribution in [2.75, 3.05) is 13.6 Å². The molecule has 2 rings (SSSR count). The molecule has 0 heterocycles. The highest BCUT2D eigenvalue weighted by Gasteiger charge is 2.11. The smallest absolute Gasteiger partial charge is 0.0175 e. The van der Waals surface area contributed by atoms with E-state index in [9.17, 15) is 0 Å². The van der Waals surface area contributed by atoms with E-state index in [-0.39, 0.29) is 0 Å². The molecule has 0 fully saturated rings. The molecule has 2 aromatic carbocycles. The minimum Gasteiger partial charge on any atom is -0.319 e. The second-order valence-electron chi connectivity index (χ2n) is 5.00. The van der Waals surface area contributed by atoms with Gasteiger partial charge in [0.15, 0.2) is 0 Å². The van der Waals surface area contributed by atoms with Crippen LogP contribution in [-0.4, -0.2) is 13.6 Å². The summed E-state index contributed by atoms with van der Waals surface area (Å²) in [7, 11) is 2.01. The highest BCUT2D eigenvalue weighted by atomic mass is 79.9. The minimum absolute atomic E-state index is 0.515. The van der Waals surface area contributed by atoms with Gasteiger partial charge in [-0.2, -0.15) is 0 Å². The Morgan fingerprint density at radius 1 is 1.00 bits per heavy atom. The van der Waals surface area contributed by atoms with E-state index < -0.39 is 0 Å². The van der Waals surface area contributed by atoms with Gasteiger partial charge in [-0.15, -0.1) is 0 Å². The Morgan fingerprint density at radius 3 is 2.21 bits per heavy atom. The zero-order valence-electron chi connectivity index (χ0n) is 11.5. The molecule has 1 nitrogen and oxygen atoms in total. The summed E-state index contributed by atoms with van der Waals surface area (Å²) in [5, 5.41) is 3.30. The number of benzene rings is 2. The van der Waals surface area contributed by atoms with Gasteiger partial charge in [0.05, 0.1) is 0 Å². The molecule has 1 unspecified atom stereocenters. The van der Waals surface area contributed by atoms with E-state index >= 15 is 0 Å². The monoisotopic (exact) mass is 317 g/mol. The van der Waals surface area contributed by atoms with Crippen molar-refractivity contribution in [1.82, 2.24) is 5.32 Å². The first-order chi connectivity index (χ1) is 9.19. The number of rotatable bonds is 5. The first kappa shape index (κ1) is 14.3. The average Bonchev–Trinajstić information content (AvgIpc) is 2.42. The van der Waals surface area contributed by atoms with Crippen molar-refractivity contribution < 1.29 is 0 Å². The van der Waals surface area contributed by atoms with Gasteiger partial charge in [0, 0.05) is 16.9 Å². The van der Waals surface area contributed by atoms with Gasteiger partial charge in [-0.25, -0.2) is 0 Å². The van der Waals surface area contributed by atoms with Gasteiger partial charge in [-0.1, -0.05) is 57.9 Å². The molecule has 0 bridgehead atoms. The molecule has 0 aliphatic heterocycles. The van der Waals surface area contributed by atoms with Crippen LogP contribution in [0.3, 0.4) is 0 Å². The Morgan fingerprint density at radius 2 is 1.63 bits per heavy atom. The summed E-state index contributed by atoms with van der Waals surface area (Å²) < 4.78 is 1.13. The van der Waals surface area contributed by atoms with Crippen molar-refractivity contribution in [3.05, 3.63) is 69.7 Å². The van der Waals surface area contributed by atoms with Gasteiger partial charge in [0.1, 0.15) is 0 Å². The van der Waals surface area contributed by atoms with Gasteiger partial charge >= 0.3 is 0 Å². The maximum atomic E-state index is 3.49. The number of aryl methyl sites for hydroxylation is 1. The summed E-state index contributed by atoms with van der Waals surface area (Å²) in [6, 6.07) is 17.5. The van der Waals surface area contributed by atoms with Gasteiger partial charge in [0.25, 0.3) is 0 Å². The Labute approximate surface area is 124 Å². The van der Waals surface area contributed by atoms with Crippen LogP contribution in [0.2, 0.25) is 0 Å². The van der Waals surface area contributed by atoms with Crippen molar-refractivity contribution >= 4 is 15.9 Å².